The Labute approximate surface area is 205 Å². The molecule has 5 heteroatoms. The number of benzene rings is 1. The summed E-state index contributed by atoms with van der Waals surface area (Å²) < 4.78 is 12.0. The van der Waals surface area contributed by atoms with Gasteiger partial charge in [0.25, 0.3) is 0 Å². The van der Waals surface area contributed by atoms with Gasteiger partial charge in [-0.15, -0.1) is 0 Å². The number of aliphatic hydroxyl groups excluding tert-OH is 2. The molecule has 0 radical (unpaired) electrons. The first-order chi connectivity index (χ1) is 15.2. The molecule has 1 aromatic rings. The quantitative estimate of drug-likeness (QED) is 0.276. The Hall–Kier alpha value is -0.723. The van der Waals surface area contributed by atoms with Crippen LogP contribution in [0, 0.1) is 23.7 Å². The molecule has 0 bridgehead atoms. The molecule has 4 nitrogen and oxygen atoms in total. The first kappa shape index (κ1) is 30.3. The van der Waals surface area contributed by atoms with Crippen molar-refractivity contribution in [3.63, 3.8) is 0 Å². The summed E-state index contributed by atoms with van der Waals surface area (Å²) in [5.74, 6) is 1.46. The van der Waals surface area contributed by atoms with E-state index in [9.17, 15) is 10.2 Å². The van der Waals surface area contributed by atoms with E-state index in [-0.39, 0.29) is 16.9 Å². The summed E-state index contributed by atoms with van der Waals surface area (Å²) in [5, 5.41) is 21.3. The van der Waals surface area contributed by atoms with Crippen LogP contribution < -0.4 is 0 Å². The van der Waals surface area contributed by atoms with Gasteiger partial charge in [0, 0.05) is 0 Å². The summed E-state index contributed by atoms with van der Waals surface area (Å²) in [7, 11) is -1.83. The lowest BCUT2D eigenvalue weighted by Crippen LogP contribution is -2.43. The number of ether oxygens (including phenoxy) is 1. The fourth-order valence-electron chi connectivity index (χ4n) is 4.17. The minimum absolute atomic E-state index is 0.159. The van der Waals surface area contributed by atoms with Gasteiger partial charge < -0.3 is 19.4 Å². The van der Waals surface area contributed by atoms with Gasteiger partial charge in [0.15, 0.2) is 8.32 Å². The van der Waals surface area contributed by atoms with Gasteiger partial charge in [0.2, 0.25) is 0 Å². The van der Waals surface area contributed by atoms with Crippen LogP contribution in [0.25, 0.3) is 0 Å². The molecule has 0 spiro atoms. The molecule has 0 aliphatic carbocycles. The molecule has 1 rings (SSSR count). The van der Waals surface area contributed by atoms with Crippen molar-refractivity contribution in [1.29, 1.82) is 0 Å². The van der Waals surface area contributed by atoms with Gasteiger partial charge in [0.05, 0.1) is 32.0 Å². The second-order valence-electron chi connectivity index (χ2n) is 12.1. The zero-order valence-corrected chi connectivity index (χ0v) is 23.8. The molecule has 1 aromatic carbocycles. The van der Waals surface area contributed by atoms with Crippen molar-refractivity contribution in [2.75, 3.05) is 13.2 Å². The van der Waals surface area contributed by atoms with Crippen molar-refractivity contribution >= 4 is 8.32 Å². The average Bonchev–Trinajstić information content (AvgIpc) is 2.71. The number of aliphatic hydroxyl groups is 2. The van der Waals surface area contributed by atoms with E-state index < -0.39 is 20.5 Å². The molecule has 6 atom stereocenters. The lowest BCUT2D eigenvalue weighted by molar-refractivity contribution is -0.00369. The van der Waals surface area contributed by atoms with Crippen molar-refractivity contribution in [2.24, 2.45) is 23.7 Å². The van der Waals surface area contributed by atoms with Crippen molar-refractivity contribution < 1.29 is 19.4 Å². The minimum atomic E-state index is -1.83. The Morgan fingerprint density at radius 2 is 1.27 bits per heavy atom. The van der Waals surface area contributed by atoms with Crippen LogP contribution in [-0.4, -0.2) is 44.0 Å². The molecule has 0 heterocycles. The fraction of sp³-hybridized carbons (Fsp3) is 0.786. The van der Waals surface area contributed by atoms with E-state index in [1.165, 1.54) is 0 Å². The van der Waals surface area contributed by atoms with Crippen LogP contribution in [0.15, 0.2) is 30.3 Å². The van der Waals surface area contributed by atoms with Crippen LogP contribution in [-0.2, 0) is 15.8 Å². The summed E-state index contributed by atoms with van der Waals surface area (Å²) in [6.45, 7) is 21.3. The predicted molar refractivity (Wildman–Crippen MR) is 142 cm³/mol. The Kier molecular flexibility index (Phi) is 12.8. The van der Waals surface area contributed by atoms with Gasteiger partial charge in [-0.1, -0.05) is 78.8 Å². The van der Waals surface area contributed by atoms with Crippen molar-refractivity contribution in [3.8, 4) is 0 Å². The van der Waals surface area contributed by atoms with Crippen molar-refractivity contribution in [3.05, 3.63) is 35.9 Å². The highest BCUT2D eigenvalue weighted by Crippen LogP contribution is 2.37. The van der Waals surface area contributed by atoms with Gasteiger partial charge in [-0.2, -0.15) is 0 Å². The van der Waals surface area contributed by atoms with Crippen LogP contribution in [0.4, 0.5) is 0 Å². The van der Waals surface area contributed by atoms with Gasteiger partial charge in [-0.25, -0.2) is 0 Å². The molecule has 0 fully saturated rings. The topological polar surface area (TPSA) is 58.9 Å². The normalized spacial score (nSPS) is 18.4. The predicted octanol–water partition coefficient (Wildman–Crippen LogP) is 6.66. The maximum atomic E-state index is 10.7. The van der Waals surface area contributed by atoms with Crippen molar-refractivity contribution in [1.82, 2.24) is 0 Å². The molecule has 2 N–H and O–H groups in total. The fourth-order valence-corrected chi connectivity index (χ4v) is 5.19. The summed E-state index contributed by atoms with van der Waals surface area (Å²) >= 11 is 0. The summed E-state index contributed by atoms with van der Waals surface area (Å²) in [6.07, 6.45) is 2.20. The Morgan fingerprint density at radius 3 is 1.76 bits per heavy atom. The van der Waals surface area contributed by atoms with E-state index in [0.717, 1.165) is 24.8 Å². The first-order valence-electron chi connectivity index (χ1n) is 12.8. The molecule has 0 saturated carbocycles. The number of hydrogen-bond acceptors (Lipinski definition) is 4. The van der Waals surface area contributed by atoms with Gasteiger partial charge in [-0.3, -0.25) is 0 Å². The molecule has 0 saturated heterocycles. The third-order valence-corrected chi connectivity index (χ3v) is 12.0. The maximum absolute atomic E-state index is 10.7. The lowest BCUT2D eigenvalue weighted by Gasteiger charge is -2.37. The minimum Gasteiger partial charge on any atom is -0.414 e. The molecule has 0 aliphatic heterocycles. The van der Waals surface area contributed by atoms with Crippen LogP contribution in [0.5, 0.6) is 0 Å². The highest BCUT2D eigenvalue weighted by atomic mass is 28.4. The third-order valence-electron chi connectivity index (χ3n) is 7.49. The molecular weight excluding hydrogens is 428 g/mol. The van der Waals surface area contributed by atoms with Crippen molar-refractivity contribution in [2.45, 2.75) is 105 Å². The molecule has 0 aromatic heterocycles. The van der Waals surface area contributed by atoms with E-state index in [1.807, 2.05) is 30.3 Å². The summed E-state index contributed by atoms with van der Waals surface area (Å²) in [6, 6.07) is 10.1. The van der Waals surface area contributed by atoms with Crippen LogP contribution in [0.3, 0.4) is 0 Å². The van der Waals surface area contributed by atoms with E-state index >= 15 is 0 Å². The Balaban J connectivity index is 2.33. The highest BCUT2D eigenvalue weighted by molar-refractivity contribution is 6.74. The largest absolute Gasteiger partial charge is 0.414 e. The molecule has 33 heavy (non-hydrogen) atoms. The second kappa shape index (κ2) is 14.0. The Bertz CT molecular complexity index is 643. The van der Waals surface area contributed by atoms with Gasteiger partial charge >= 0.3 is 0 Å². The molecular formula is C28H52O4Si. The SMILES string of the molecule is C[C@H](C[C@H](C)C[C@H](C)[C@@H](O)COCc1ccccc1)C[C@H](C)[C@@H](O)CO[Si](C)(C)C(C)(C)C. The molecule has 0 aliphatic rings. The number of rotatable bonds is 15. The average molecular weight is 481 g/mol. The molecule has 0 amide bonds. The standard InChI is InChI=1S/C28H52O4Si/c1-21(16-23(3)26(29)19-31-18-25-13-11-10-12-14-25)15-22(2)17-24(4)27(30)20-32-33(8,9)28(5,6)7/h10-14,21-24,26-27,29-30H,15-20H2,1-9H3/t21-,22+,23-,24-,26-,27-/m0/s1. The first-order valence-corrected chi connectivity index (χ1v) is 15.8. The lowest BCUT2D eigenvalue weighted by atomic mass is 9.83. The monoisotopic (exact) mass is 480 g/mol. The van der Waals surface area contributed by atoms with Gasteiger partial charge in [0.1, 0.15) is 0 Å². The van der Waals surface area contributed by atoms with E-state index in [2.05, 4.69) is 61.6 Å². The smallest absolute Gasteiger partial charge is 0.192 e. The molecule has 0 unspecified atom stereocenters. The number of hydrogen-bond donors (Lipinski definition) is 2. The van der Waals surface area contributed by atoms with Gasteiger partial charge in [-0.05, 0) is 66.6 Å². The van der Waals surface area contributed by atoms with Crippen LogP contribution in [0.1, 0.15) is 73.3 Å². The summed E-state index contributed by atoms with van der Waals surface area (Å²) in [4.78, 5) is 0. The van der Waals surface area contributed by atoms with E-state index in [0.29, 0.717) is 31.7 Å². The van der Waals surface area contributed by atoms with E-state index in [1.54, 1.807) is 0 Å². The third kappa shape index (κ3) is 11.5. The second-order valence-corrected chi connectivity index (χ2v) is 16.9. The van der Waals surface area contributed by atoms with E-state index in [4.69, 9.17) is 9.16 Å². The highest BCUT2D eigenvalue weighted by Gasteiger charge is 2.37. The Morgan fingerprint density at radius 1 is 0.788 bits per heavy atom. The maximum Gasteiger partial charge on any atom is 0.192 e. The molecule has 192 valence electrons. The zero-order valence-electron chi connectivity index (χ0n) is 22.8. The van der Waals surface area contributed by atoms with Crippen LogP contribution >= 0.6 is 0 Å². The summed E-state index contributed by atoms with van der Waals surface area (Å²) in [5.41, 5.74) is 1.13. The van der Waals surface area contributed by atoms with Crippen LogP contribution in [0.2, 0.25) is 18.1 Å². The zero-order chi connectivity index (χ0) is 25.2.